The molecule has 0 N–H and O–H groups in total. The highest BCUT2D eigenvalue weighted by molar-refractivity contribution is 7.80. The average molecular weight is 285 g/mol. The molecule has 1 rings (SSSR count). The molecule has 1 atom stereocenters. The molecule has 1 aromatic heterocycles. The van der Waals surface area contributed by atoms with Crippen LogP contribution in [0.1, 0.15) is 45.0 Å². The normalized spacial score (nSPS) is 12.6. The van der Waals surface area contributed by atoms with Crippen LogP contribution in [0, 0.1) is 16.0 Å². The van der Waals surface area contributed by atoms with Crippen molar-refractivity contribution >= 4 is 18.3 Å². The maximum Gasteiger partial charge on any atom is 0.313 e. The molecule has 0 saturated carbocycles. The van der Waals surface area contributed by atoms with Gasteiger partial charge in [-0.2, -0.15) is 17.7 Å². The molecular weight excluding hydrogens is 262 g/mol. The van der Waals surface area contributed by atoms with Gasteiger partial charge in [-0.15, -0.1) is 0 Å². The number of hydrogen-bond donors (Lipinski definition) is 1. The standard InChI is InChI=1S/C13H23N3O2S/c1-4-11-13(16(17)18)12(5-2)15(14-11)8-6-10(3)7-9-19/h10,19H,4-9H2,1-3H3. The van der Waals surface area contributed by atoms with E-state index in [1.54, 1.807) is 0 Å². The highest BCUT2D eigenvalue weighted by atomic mass is 32.1. The molecule has 0 aliphatic heterocycles. The smallest absolute Gasteiger partial charge is 0.262 e. The first-order valence-electron chi connectivity index (χ1n) is 6.88. The summed E-state index contributed by atoms with van der Waals surface area (Å²) in [5.74, 6) is 1.44. The van der Waals surface area contributed by atoms with Crippen molar-refractivity contribution in [3.63, 3.8) is 0 Å². The Morgan fingerprint density at radius 1 is 1.37 bits per heavy atom. The van der Waals surface area contributed by atoms with Crippen LogP contribution in [0.3, 0.4) is 0 Å². The van der Waals surface area contributed by atoms with E-state index < -0.39 is 0 Å². The lowest BCUT2D eigenvalue weighted by atomic mass is 10.1. The highest BCUT2D eigenvalue weighted by Crippen LogP contribution is 2.25. The monoisotopic (exact) mass is 285 g/mol. The summed E-state index contributed by atoms with van der Waals surface area (Å²) < 4.78 is 1.83. The summed E-state index contributed by atoms with van der Waals surface area (Å²) in [4.78, 5) is 10.9. The third-order valence-corrected chi connectivity index (χ3v) is 3.67. The van der Waals surface area contributed by atoms with E-state index in [4.69, 9.17) is 0 Å². The van der Waals surface area contributed by atoms with E-state index in [1.807, 2.05) is 18.5 Å². The molecule has 1 aromatic rings. The quantitative estimate of drug-likeness (QED) is 0.453. The number of rotatable bonds is 8. The van der Waals surface area contributed by atoms with Gasteiger partial charge in [-0.05, 0) is 37.4 Å². The molecule has 6 heteroatoms. The summed E-state index contributed by atoms with van der Waals surface area (Å²) in [6.07, 6.45) is 3.29. The van der Waals surface area contributed by atoms with Gasteiger partial charge in [-0.1, -0.05) is 20.8 Å². The zero-order valence-electron chi connectivity index (χ0n) is 11.9. The number of hydrogen-bond acceptors (Lipinski definition) is 4. The van der Waals surface area contributed by atoms with Crippen molar-refractivity contribution in [3.8, 4) is 0 Å². The van der Waals surface area contributed by atoms with Crippen LogP contribution in [-0.2, 0) is 19.4 Å². The summed E-state index contributed by atoms with van der Waals surface area (Å²) in [7, 11) is 0. The Labute approximate surface area is 119 Å². The van der Waals surface area contributed by atoms with Crippen LogP contribution in [-0.4, -0.2) is 20.5 Å². The third kappa shape index (κ3) is 3.96. The molecule has 0 bridgehead atoms. The van der Waals surface area contributed by atoms with Crippen molar-refractivity contribution in [2.24, 2.45) is 5.92 Å². The van der Waals surface area contributed by atoms with Gasteiger partial charge in [0.2, 0.25) is 0 Å². The van der Waals surface area contributed by atoms with Crippen molar-refractivity contribution in [1.82, 2.24) is 9.78 Å². The molecule has 108 valence electrons. The first-order chi connectivity index (χ1) is 9.04. The van der Waals surface area contributed by atoms with Crippen molar-refractivity contribution in [2.75, 3.05) is 5.75 Å². The van der Waals surface area contributed by atoms with Crippen LogP contribution in [0.5, 0.6) is 0 Å². The lowest BCUT2D eigenvalue weighted by molar-refractivity contribution is -0.386. The average Bonchev–Trinajstić information content (AvgIpc) is 2.74. The summed E-state index contributed by atoms with van der Waals surface area (Å²) >= 11 is 4.23. The molecule has 0 fully saturated rings. The van der Waals surface area contributed by atoms with E-state index in [1.165, 1.54) is 0 Å². The Morgan fingerprint density at radius 3 is 2.53 bits per heavy atom. The highest BCUT2D eigenvalue weighted by Gasteiger charge is 2.25. The minimum Gasteiger partial charge on any atom is -0.262 e. The molecule has 0 radical (unpaired) electrons. The summed E-state index contributed by atoms with van der Waals surface area (Å²) in [6, 6.07) is 0. The topological polar surface area (TPSA) is 61.0 Å². The van der Waals surface area contributed by atoms with Gasteiger partial charge in [0.1, 0.15) is 11.4 Å². The Balaban J connectivity index is 2.91. The largest absolute Gasteiger partial charge is 0.313 e. The summed E-state index contributed by atoms with van der Waals surface area (Å²) in [5.41, 5.74) is 1.57. The Bertz CT molecular complexity index is 432. The zero-order valence-corrected chi connectivity index (χ0v) is 12.8. The Hall–Kier alpha value is -1.04. The van der Waals surface area contributed by atoms with Gasteiger partial charge in [0, 0.05) is 6.54 Å². The van der Waals surface area contributed by atoms with E-state index >= 15 is 0 Å². The number of aryl methyl sites for hydroxylation is 2. The van der Waals surface area contributed by atoms with Crippen molar-refractivity contribution in [3.05, 3.63) is 21.5 Å². The maximum absolute atomic E-state index is 11.2. The predicted octanol–water partition coefficient (Wildman–Crippen LogP) is 3.26. The van der Waals surface area contributed by atoms with Crippen LogP contribution in [0.15, 0.2) is 0 Å². The predicted molar refractivity (Wildman–Crippen MR) is 79.9 cm³/mol. The minimum absolute atomic E-state index is 0.215. The number of nitro groups is 1. The second-order valence-corrected chi connectivity index (χ2v) is 5.28. The number of aromatic nitrogens is 2. The van der Waals surface area contributed by atoms with Gasteiger partial charge < -0.3 is 0 Å². The van der Waals surface area contributed by atoms with E-state index in [0.717, 1.165) is 30.8 Å². The van der Waals surface area contributed by atoms with Gasteiger partial charge in [0.05, 0.1) is 4.92 Å². The van der Waals surface area contributed by atoms with Crippen molar-refractivity contribution in [1.29, 1.82) is 0 Å². The lowest BCUT2D eigenvalue weighted by Crippen LogP contribution is -2.09. The summed E-state index contributed by atoms with van der Waals surface area (Å²) in [5, 5.41) is 15.6. The first-order valence-corrected chi connectivity index (χ1v) is 7.52. The van der Waals surface area contributed by atoms with Gasteiger partial charge in [0.25, 0.3) is 0 Å². The number of nitrogens with zero attached hydrogens (tertiary/aromatic N) is 3. The van der Waals surface area contributed by atoms with Crippen LogP contribution in [0.2, 0.25) is 0 Å². The molecular formula is C13H23N3O2S. The van der Waals surface area contributed by atoms with E-state index in [0.29, 0.717) is 24.5 Å². The minimum atomic E-state index is -0.293. The van der Waals surface area contributed by atoms with Gasteiger partial charge >= 0.3 is 5.69 Å². The van der Waals surface area contributed by atoms with Crippen LogP contribution < -0.4 is 0 Å². The molecule has 1 unspecified atom stereocenters. The first kappa shape index (κ1) is 16.0. The van der Waals surface area contributed by atoms with Gasteiger partial charge in [-0.3, -0.25) is 14.8 Å². The van der Waals surface area contributed by atoms with Gasteiger partial charge in [0.15, 0.2) is 0 Å². The molecule has 1 heterocycles. The Morgan fingerprint density at radius 2 is 2.05 bits per heavy atom. The molecule has 0 amide bonds. The fourth-order valence-electron chi connectivity index (χ4n) is 2.23. The third-order valence-electron chi connectivity index (χ3n) is 3.41. The van der Waals surface area contributed by atoms with Crippen molar-refractivity contribution < 1.29 is 4.92 Å². The second kappa shape index (κ2) is 7.53. The van der Waals surface area contributed by atoms with Crippen molar-refractivity contribution in [2.45, 2.75) is 53.0 Å². The van der Waals surface area contributed by atoms with E-state index in [2.05, 4.69) is 24.7 Å². The lowest BCUT2D eigenvalue weighted by Gasteiger charge is -2.10. The SMILES string of the molecule is CCc1nn(CCC(C)CCS)c(CC)c1[N+](=O)[O-]. The van der Waals surface area contributed by atoms with Crippen LogP contribution in [0.25, 0.3) is 0 Å². The van der Waals surface area contributed by atoms with E-state index in [-0.39, 0.29) is 10.6 Å². The fraction of sp³-hybridized carbons (Fsp3) is 0.769. The summed E-state index contributed by atoms with van der Waals surface area (Å²) in [6.45, 7) is 6.78. The zero-order chi connectivity index (χ0) is 14.4. The molecule has 0 saturated heterocycles. The Kier molecular flexibility index (Phi) is 6.34. The second-order valence-electron chi connectivity index (χ2n) is 4.84. The molecule has 19 heavy (non-hydrogen) atoms. The van der Waals surface area contributed by atoms with Gasteiger partial charge in [-0.25, -0.2) is 0 Å². The van der Waals surface area contributed by atoms with Crippen LogP contribution in [0.4, 0.5) is 5.69 Å². The maximum atomic E-state index is 11.2. The molecule has 0 aromatic carbocycles. The number of thiol groups is 1. The fourth-order valence-corrected chi connectivity index (χ4v) is 2.67. The molecule has 0 aliphatic carbocycles. The van der Waals surface area contributed by atoms with E-state index in [9.17, 15) is 10.1 Å². The van der Waals surface area contributed by atoms with Crippen LogP contribution >= 0.6 is 12.6 Å². The molecule has 0 spiro atoms. The molecule has 5 nitrogen and oxygen atoms in total. The molecule has 0 aliphatic rings.